The molecular weight excluding hydrogens is 365 g/mol. The van der Waals surface area contributed by atoms with Gasteiger partial charge in [-0.15, -0.1) is 24.0 Å². The SMILES string of the molecule is CCC(=O)OC1(c2ccccc2)CC(C)N(C)C1C.I. The van der Waals surface area contributed by atoms with E-state index in [9.17, 15) is 4.79 Å². The van der Waals surface area contributed by atoms with Crippen molar-refractivity contribution in [3.63, 3.8) is 0 Å². The van der Waals surface area contributed by atoms with Gasteiger partial charge in [-0.3, -0.25) is 9.69 Å². The van der Waals surface area contributed by atoms with Crippen LogP contribution in [0.3, 0.4) is 0 Å². The lowest BCUT2D eigenvalue weighted by molar-refractivity contribution is -0.163. The Hall–Kier alpha value is -0.620. The van der Waals surface area contributed by atoms with Crippen molar-refractivity contribution in [2.45, 2.75) is 51.3 Å². The number of hydrogen-bond acceptors (Lipinski definition) is 3. The lowest BCUT2D eigenvalue weighted by Crippen LogP contribution is -2.42. The maximum Gasteiger partial charge on any atom is 0.306 e. The molecule has 1 saturated heterocycles. The molecule has 20 heavy (non-hydrogen) atoms. The second-order valence-electron chi connectivity index (χ2n) is 5.48. The number of hydrogen-bond donors (Lipinski definition) is 0. The summed E-state index contributed by atoms with van der Waals surface area (Å²) in [6.45, 7) is 6.16. The van der Waals surface area contributed by atoms with Gasteiger partial charge < -0.3 is 4.74 Å². The van der Waals surface area contributed by atoms with E-state index in [2.05, 4.69) is 37.9 Å². The molecule has 0 saturated carbocycles. The average molecular weight is 389 g/mol. The summed E-state index contributed by atoms with van der Waals surface area (Å²) in [4.78, 5) is 14.2. The van der Waals surface area contributed by atoms with Crippen molar-refractivity contribution in [3.05, 3.63) is 35.9 Å². The van der Waals surface area contributed by atoms with Gasteiger partial charge >= 0.3 is 5.97 Å². The van der Waals surface area contributed by atoms with Crippen LogP contribution in [-0.2, 0) is 15.1 Å². The van der Waals surface area contributed by atoms with Crippen LogP contribution in [0.15, 0.2) is 30.3 Å². The highest BCUT2D eigenvalue weighted by molar-refractivity contribution is 14.0. The molecule has 0 bridgehead atoms. The van der Waals surface area contributed by atoms with Crippen LogP contribution in [0.2, 0.25) is 0 Å². The number of nitrogens with zero attached hydrogens (tertiary/aromatic N) is 1. The maximum atomic E-state index is 11.9. The molecule has 1 aliphatic heterocycles. The Labute approximate surface area is 138 Å². The fourth-order valence-corrected chi connectivity index (χ4v) is 3.00. The lowest BCUT2D eigenvalue weighted by Gasteiger charge is -2.35. The monoisotopic (exact) mass is 389 g/mol. The van der Waals surface area contributed by atoms with Gasteiger partial charge in [-0.2, -0.15) is 0 Å². The summed E-state index contributed by atoms with van der Waals surface area (Å²) in [6, 6.07) is 10.7. The van der Waals surface area contributed by atoms with Gasteiger partial charge in [0.05, 0.1) is 6.04 Å². The molecule has 0 aromatic heterocycles. The quantitative estimate of drug-likeness (QED) is 0.585. The van der Waals surface area contributed by atoms with Gasteiger partial charge in [0.25, 0.3) is 0 Å². The maximum absolute atomic E-state index is 11.9. The Morgan fingerprint density at radius 2 is 1.95 bits per heavy atom. The van der Waals surface area contributed by atoms with Crippen molar-refractivity contribution in [3.8, 4) is 0 Å². The number of ether oxygens (including phenoxy) is 1. The third-order valence-corrected chi connectivity index (χ3v) is 4.43. The van der Waals surface area contributed by atoms with Crippen molar-refractivity contribution in [2.75, 3.05) is 7.05 Å². The summed E-state index contributed by atoms with van der Waals surface area (Å²) in [7, 11) is 2.10. The van der Waals surface area contributed by atoms with Crippen LogP contribution in [0.1, 0.15) is 39.2 Å². The topological polar surface area (TPSA) is 29.5 Å². The third-order valence-electron chi connectivity index (χ3n) is 4.43. The highest BCUT2D eigenvalue weighted by Crippen LogP contribution is 2.43. The zero-order chi connectivity index (χ0) is 14.0. The van der Waals surface area contributed by atoms with Gasteiger partial charge in [0.2, 0.25) is 0 Å². The molecule has 0 aliphatic carbocycles. The van der Waals surface area contributed by atoms with Gasteiger partial charge in [-0.25, -0.2) is 0 Å². The summed E-state index contributed by atoms with van der Waals surface area (Å²) < 4.78 is 5.91. The molecule has 3 atom stereocenters. The van der Waals surface area contributed by atoms with Crippen LogP contribution in [0.5, 0.6) is 0 Å². The molecule has 1 aromatic rings. The number of benzene rings is 1. The summed E-state index contributed by atoms with van der Waals surface area (Å²) in [5.41, 5.74) is 0.586. The molecule has 0 amide bonds. The Morgan fingerprint density at radius 1 is 1.35 bits per heavy atom. The average Bonchev–Trinajstić information content (AvgIpc) is 2.65. The summed E-state index contributed by atoms with van der Waals surface area (Å²) in [5.74, 6) is -0.127. The van der Waals surface area contributed by atoms with Crippen molar-refractivity contribution >= 4 is 29.9 Å². The van der Waals surface area contributed by atoms with Gasteiger partial charge in [0.15, 0.2) is 5.60 Å². The summed E-state index contributed by atoms with van der Waals surface area (Å²) in [6.07, 6.45) is 1.26. The Morgan fingerprint density at radius 3 is 2.40 bits per heavy atom. The van der Waals surface area contributed by atoms with Gasteiger partial charge in [-0.05, 0) is 26.5 Å². The first-order chi connectivity index (χ1) is 9.01. The Balaban J connectivity index is 0.00000200. The van der Waals surface area contributed by atoms with E-state index in [1.165, 1.54) is 0 Å². The van der Waals surface area contributed by atoms with Crippen molar-refractivity contribution < 1.29 is 9.53 Å². The first-order valence-electron chi connectivity index (χ1n) is 7.00. The van der Waals surface area contributed by atoms with Crippen molar-refractivity contribution in [1.29, 1.82) is 0 Å². The zero-order valence-corrected chi connectivity index (χ0v) is 15.0. The first-order valence-corrected chi connectivity index (χ1v) is 7.00. The van der Waals surface area contributed by atoms with Crippen molar-refractivity contribution in [2.24, 2.45) is 0 Å². The summed E-state index contributed by atoms with van der Waals surface area (Å²) >= 11 is 0. The fourth-order valence-electron chi connectivity index (χ4n) is 3.00. The van der Waals surface area contributed by atoms with E-state index in [0.717, 1.165) is 12.0 Å². The second-order valence-corrected chi connectivity index (χ2v) is 5.48. The number of likely N-dealkylation sites (tertiary alicyclic amines) is 1. The fraction of sp³-hybridized carbons (Fsp3) is 0.562. The van der Waals surface area contributed by atoms with E-state index in [-0.39, 0.29) is 36.0 Å². The van der Waals surface area contributed by atoms with Gasteiger partial charge in [0, 0.05) is 18.9 Å². The predicted molar refractivity (Wildman–Crippen MR) is 91.2 cm³/mol. The molecule has 1 aliphatic rings. The largest absolute Gasteiger partial charge is 0.452 e. The minimum absolute atomic E-state index is 0. The predicted octanol–water partition coefficient (Wildman–Crippen LogP) is 3.57. The van der Waals surface area contributed by atoms with E-state index >= 15 is 0 Å². The molecule has 112 valence electrons. The normalized spacial score (nSPS) is 29.8. The van der Waals surface area contributed by atoms with Crippen molar-refractivity contribution in [1.82, 2.24) is 4.90 Å². The molecule has 0 radical (unpaired) electrons. The van der Waals surface area contributed by atoms with Crippen LogP contribution < -0.4 is 0 Å². The van der Waals surface area contributed by atoms with Crippen LogP contribution >= 0.6 is 24.0 Å². The number of halogens is 1. The molecule has 2 rings (SSSR count). The highest BCUT2D eigenvalue weighted by Gasteiger charge is 2.51. The van der Waals surface area contributed by atoms with E-state index in [0.29, 0.717) is 12.5 Å². The standard InChI is InChI=1S/C16H23NO2.HI/c1-5-15(18)19-16(14-9-7-6-8-10-14)11-12(2)17(4)13(16)3;/h6-10,12-13H,5,11H2,1-4H3;1H. The molecular formula is C16H24INO2. The van der Waals surface area contributed by atoms with E-state index in [1.807, 2.05) is 25.1 Å². The minimum atomic E-state index is -0.511. The van der Waals surface area contributed by atoms with E-state index in [4.69, 9.17) is 4.74 Å². The number of carbonyl (C=O) groups is 1. The zero-order valence-electron chi connectivity index (χ0n) is 12.6. The van der Waals surface area contributed by atoms with Crippen LogP contribution in [0.25, 0.3) is 0 Å². The molecule has 0 N–H and O–H groups in total. The smallest absolute Gasteiger partial charge is 0.306 e. The Bertz CT molecular complexity index is 451. The lowest BCUT2D eigenvalue weighted by atomic mass is 9.86. The van der Waals surface area contributed by atoms with Crippen LogP contribution in [0.4, 0.5) is 0 Å². The number of rotatable bonds is 3. The highest BCUT2D eigenvalue weighted by atomic mass is 127. The number of carbonyl (C=O) groups excluding carboxylic acids is 1. The van der Waals surface area contributed by atoms with Crippen LogP contribution in [-0.4, -0.2) is 30.0 Å². The summed E-state index contributed by atoms with van der Waals surface area (Å²) in [5, 5.41) is 0. The molecule has 4 heteroatoms. The minimum Gasteiger partial charge on any atom is -0.452 e. The third kappa shape index (κ3) is 3.01. The molecule has 1 heterocycles. The molecule has 1 aromatic carbocycles. The molecule has 3 nitrogen and oxygen atoms in total. The second kappa shape index (κ2) is 6.89. The first kappa shape index (κ1) is 17.4. The van der Waals surface area contributed by atoms with Crippen LogP contribution in [0, 0.1) is 0 Å². The molecule has 1 fully saturated rings. The number of esters is 1. The van der Waals surface area contributed by atoms with Gasteiger partial charge in [0.1, 0.15) is 0 Å². The number of likely N-dealkylation sites (N-methyl/N-ethyl adjacent to an activating group) is 1. The molecule has 0 spiro atoms. The Kier molecular flexibility index (Phi) is 6.01. The van der Waals surface area contributed by atoms with E-state index < -0.39 is 5.60 Å². The molecule has 3 unspecified atom stereocenters. The van der Waals surface area contributed by atoms with E-state index in [1.54, 1.807) is 0 Å². The van der Waals surface area contributed by atoms with Gasteiger partial charge in [-0.1, -0.05) is 37.3 Å².